The Hall–Kier alpha value is -1.29. The number of benzene rings is 2. The predicted octanol–water partition coefficient (Wildman–Crippen LogP) is 4.93. The van der Waals surface area contributed by atoms with Gasteiger partial charge in [-0.3, -0.25) is 0 Å². The zero-order valence-electron chi connectivity index (χ0n) is 9.93. The number of carboxylic acids is 1. The summed E-state index contributed by atoms with van der Waals surface area (Å²) >= 11 is 8.06. The summed E-state index contributed by atoms with van der Waals surface area (Å²) in [5, 5.41) is 17.9. The van der Waals surface area contributed by atoms with Crippen molar-refractivity contribution in [2.75, 3.05) is 0 Å². The Morgan fingerprint density at radius 3 is 2.50 bits per heavy atom. The maximum atomic E-state index is 11.1. The van der Waals surface area contributed by atoms with Crippen LogP contribution in [0.5, 0.6) is 0 Å². The van der Waals surface area contributed by atoms with Crippen LogP contribution in [0.2, 0.25) is 0 Å². The average molecular weight is 413 g/mol. The van der Waals surface area contributed by atoms with Gasteiger partial charge in [-0.15, -0.1) is 0 Å². The number of nitriles is 1. The minimum atomic E-state index is -0.974. The Bertz CT molecular complexity index is 726. The molecule has 2 aromatic rings. The Morgan fingerprint density at radius 1 is 1.15 bits per heavy atom. The van der Waals surface area contributed by atoms with Crippen molar-refractivity contribution < 1.29 is 9.90 Å². The maximum absolute atomic E-state index is 11.1. The number of halogens is 2. The van der Waals surface area contributed by atoms with Crippen molar-refractivity contribution in [2.24, 2.45) is 0 Å². The molecule has 6 heteroatoms. The third kappa shape index (κ3) is 3.42. The first kappa shape index (κ1) is 15.1. The second kappa shape index (κ2) is 6.44. The first-order valence-corrected chi connectivity index (χ1v) is 7.82. The van der Waals surface area contributed by atoms with Crippen molar-refractivity contribution in [3.05, 3.63) is 56.5 Å². The van der Waals surface area contributed by atoms with E-state index in [9.17, 15) is 4.79 Å². The Morgan fingerprint density at radius 2 is 1.90 bits per heavy atom. The molecule has 20 heavy (non-hydrogen) atoms. The smallest absolute Gasteiger partial charge is 0.336 e. The number of rotatable bonds is 3. The van der Waals surface area contributed by atoms with Crippen LogP contribution in [0.1, 0.15) is 15.9 Å². The quantitative estimate of drug-likeness (QED) is 0.775. The van der Waals surface area contributed by atoms with Crippen molar-refractivity contribution in [1.29, 1.82) is 5.26 Å². The van der Waals surface area contributed by atoms with E-state index < -0.39 is 5.97 Å². The SMILES string of the molecule is N#Cc1ccc(Sc2ccc(Br)c(C(=O)O)c2)c(Br)c1. The molecular formula is C14H7Br2NO2S. The van der Waals surface area contributed by atoms with E-state index in [-0.39, 0.29) is 5.56 Å². The minimum Gasteiger partial charge on any atom is -0.478 e. The molecule has 2 aromatic carbocycles. The molecule has 0 atom stereocenters. The van der Waals surface area contributed by atoms with Crippen molar-refractivity contribution in [1.82, 2.24) is 0 Å². The summed E-state index contributed by atoms with van der Waals surface area (Å²) in [7, 11) is 0. The van der Waals surface area contributed by atoms with Gasteiger partial charge < -0.3 is 5.11 Å². The fraction of sp³-hybridized carbons (Fsp3) is 0. The van der Waals surface area contributed by atoms with Crippen LogP contribution in [0.25, 0.3) is 0 Å². The van der Waals surface area contributed by atoms with Gasteiger partial charge in [-0.1, -0.05) is 11.8 Å². The summed E-state index contributed by atoms with van der Waals surface area (Å²) < 4.78 is 1.36. The number of carboxylic acid groups (broad SMARTS) is 1. The van der Waals surface area contributed by atoms with Crippen LogP contribution < -0.4 is 0 Å². The van der Waals surface area contributed by atoms with Gasteiger partial charge in [-0.2, -0.15) is 5.26 Å². The molecule has 0 saturated carbocycles. The molecule has 0 unspecified atom stereocenters. The van der Waals surface area contributed by atoms with Gasteiger partial charge in [-0.05, 0) is 68.3 Å². The van der Waals surface area contributed by atoms with Gasteiger partial charge in [0.05, 0.1) is 17.2 Å². The molecule has 0 saturated heterocycles. The largest absolute Gasteiger partial charge is 0.478 e. The number of hydrogen-bond acceptors (Lipinski definition) is 3. The zero-order valence-corrected chi connectivity index (χ0v) is 13.9. The summed E-state index contributed by atoms with van der Waals surface area (Å²) in [5.74, 6) is -0.974. The third-order valence-corrected chi connectivity index (χ3v) is 5.13. The van der Waals surface area contributed by atoms with Crippen LogP contribution in [-0.2, 0) is 0 Å². The average Bonchev–Trinajstić information content (AvgIpc) is 2.42. The second-order valence-corrected chi connectivity index (χ2v) is 6.63. The van der Waals surface area contributed by atoms with Gasteiger partial charge in [-0.25, -0.2) is 4.79 Å². The number of aromatic carboxylic acids is 1. The Kier molecular flexibility index (Phi) is 4.86. The normalized spacial score (nSPS) is 10.1. The van der Waals surface area contributed by atoms with Gasteiger partial charge in [0.25, 0.3) is 0 Å². The van der Waals surface area contributed by atoms with Crippen molar-refractivity contribution in [3.63, 3.8) is 0 Å². The topological polar surface area (TPSA) is 61.1 Å². The summed E-state index contributed by atoms with van der Waals surface area (Å²) in [4.78, 5) is 12.8. The number of carbonyl (C=O) groups is 1. The number of nitrogens with zero attached hydrogens (tertiary/aromatic N) is 1. The highest BCUT2D eigenvalue weighted by molar-refractivity contribution is 9.10. The molecule has 0 bridgehead atoms. The van der Waals surface area contributed by atoms with E-state index in [1.54, 1.807) is 24.3 Å². The highest BCUT2D eigenvalue weighted by Crippen LogP contribution is 2.35. The van der Waals surface area contributed by atoms with Gasteiger partial charge in [0.1, 0.15) is 0 Å². The van der Waals surface area contributed by atoms with E-state index in [4.69, 9.17) is 10.4 Å². The Labute approximate surface area is 136 Å². The van der Waals surface area contributed by atoms with Crippen LogP contribution in [0.4, 0.5) is 0 Å². The lowest BCUT2D eigenvalue weighted by Gasteiger charge is -2.06. The molecule has 100 valence electrons. The molecule has 0 heterocycles. The molecule has 0 aliphatic rings. The van der Waals surface area contributed by atoms with Crippen LogP contribution in [0.15, 0.2) is 55.1 Å². The van der Waals surface area contributed by atoms with E-state index in [0.717, 1.165) is 14.3 Å². The molecule has 2 rings (SSSR count). The molecule has 0 aromatic heterocycles. The van der Waals surface area contributed by atoms with Crippen LogP contribution in [-0.4, -0.2) is 11.1 Å². The van der Waals surface area contributed by atoms with Crippen molar-refractivity contribution in [2.45, 2.75) is 9.79 Å². The lowest BCUT2D eigenvalue weighted by atomic mass is 10.2. The van der Waals surface area contributed by atoms with Gasteiger partial charge in [0.2, 0.25) is 0 Å². The fourth-order valence-corrected chi connectivity index (χ4v) is 3.41. The predicted molar refractivity (Wildman–Crippen MR) is 84.1 cm³/mol. The van der Waals surface area contributed by atoms with Crippen LogP contribution in [0.3, 0.4) is 0 Å². The van der Waals surface area contributed by atoms with Gasteiger partial charge in [0.15, 0.2) is 0 Å². The highest BCUT2D eigenvalue weighted by Gasteiger charge is 2.11. The van der Waals surface area contributed by atoms with Crippen LogP contribution in [0, 0.1) is 11.3 Å². The van der Waals surface area contributed by atoms with E-state index in [0.29, 0.717) is 10.0 Å². The lowest BCUT2D eigenvalue weighted by Crippen LogP contribution is -1.97. The summed E-state index contributed by atoms with van der Waals surface area (Å²) in [6.45, 7) is 0. The fourth-order valence-electron chi connectivity index (χ4n) is 1.51. The Balaban J connectivity index is 2.33. The first-order valence-electron chi connectivity index (χ1n) is 5.41. The third-order valence-electron chi connectivity index (χ3n) is 2.46. The molecule has 0 radical (unpaired) electrons. The highest BCUT2D eigenvalue weighted by atomic mass is 79.9. The standard InChI is InChI=1S/C14H7Br2NO2S/c15-11-3-2-9(6-10(11)14(18)19)20-13-4-1-8(7-17)5-12(13)16/h1-6H,(H,18,19). The lowest BCUT2D eigenvalue weighted by molar-refractivity contribution is 0.0695. The van der Waals surface area contributed by atoms with E-state index >= 15 is 0 Å². The molecule has 0 spiro atoms. The van der Waals surface area contributed by atoms with E-state index in [1.165, 1.54) is 11.8 Å². The molecule has 3 nitrogen and oxygen atoms in total. The zero-order chi connectivity index (χ0) is 14.7. The van der Waals surface area contributed by atoms with Gasteiger partial charge >= 0.3 is 5.97 Å². The van der Waals surface area contributed by atoms with Crippen molar-refractivity contribution >= 4 is 49.6 Å². The molecule has 0 aliphatic heterocycles. The second-order valence-electron chi connectivity index (χ2n) is 3.81. The molecule has 0 aliphatic carbocycles. The molecule has 0 amide bonds. The summed E-state index contributed by atoms with van der Waals surface area (Å²) in [6.07, 6.45) is 0. The van der Waals surface area contributed by atoms with Crippen LogP contribution >= 0.6 is 43.6 Å². The first-order chi connectivity index (χ1) is 9.51. The maximum Gasteiger partial charge on any atom is 0.336 e. The van der Waals surface area contributed by atoms with Crippen molar-refractivity contribution in [3.8, 4) is 6.07 Å². The van der Waals surface area contributed by atoms with E-state index in [1.807, 2.05) is 12.1 Å². The number of hydrogen-bond donors (Lipinski definition) is 1. The van der Waals surface area contributed by atoms with E-state index in [2.05, 4.69) is 37.9 Å². The molecule has 0 fully saturated rings. The molecular weight excluding hydrogens is 406 g/mol. The summed E-state index contributed by atoms with van der Waals surface area (Å²) in [6, 6.07) is 12.5. The molecule has 1 N–H and O–H groups in total. The minimum absolute atomic E-state index is 0.222. The summed E-state index contributed by atoms with van der Waals surface area (Å²) in [5.41, 5.74) is 0.794. The monoisotopic (exact) mass is 411 g/mol. The van der Waals surface area contributed by atoms with Gasteiger partial charge in [0, 0.05) is 18.7 Å².